The summed E-state index contributed by atoms with van der Waals surface area (Å²) in [6.45, 7) is 8.26. The second-order valence-electron chi connectivity index (χ2n) is 9.09. The van der Waals surface area contributed by atoms with Crippen LogP contribution in [0.2, 0.25) is 0 Å². The fraction of sp³-hybridized carbons (Fsp3) is 0.133. The van der Waals surface area contributed by atoms with E-state index in [4.69, 9.17) is 4.74 Å². The minimum atomic E-state index is 0. The topological polar surface area (TPSA) is 60.2 Å². The minimum Gasteiger partial charge on any atom is -0.506 e. The Kier molecular flexibility index (Phi) is 6.05. The molecule has 0 saturated heterocycles. The quantitative estimate of drug-likeness (QED) is 0.205. The van der Waals surface area contributed by atoms with Crippen molar-refractivity contribution < 1.29 is 30.9 Å². The van der Waals surface area contributed by atoms with Gasteiger partial charge >= 0.3 is 0 Å². The minimum absolute atomic E-state index is 0. The maximum atomic E-state index is 10.3. The van der Waals surface area contributed by atoms with E-state index in [2.05, 4.69) is 65.6 Å². The van der Waals surface area contributed by atoms with Crippen LogP contribution in [0.1, 0.15) is 22.3 Å². The van der Waals surface area contributed by atoms with Crippen molar-refractivity contribution >= 4 is 32.7 Å². The summed E-state index contributed by atoms with van der Waals surface area (Å²) >= 11 is 0. The molecule has 0 saturated carbocycles. The van der Waals surface area contributed by atoms with Crippen molar-refractivity contribution in [2.75, 3.05) is 0 Å². The van der Waals surface area contributed by atoms with Gasteiger partial charge in [0.05, 0.1) is 0 Å². The van der Waals surface area contributed by atoms with Gasteiger partial charge < -0.3 is 14.4 Å². The van der Waals surface area contributed by atoms with Gasteiger partial charge in [0.1, 0.15) is 17.1 Å². The van der Waals surface area contributed by atoms with Gasteiger partial charge in [-0.05, 0) is 61.0 Å². The first-order chi connectivity index (χ1) is 16.9. The molecule has 182 valence electrons. The smallest absolute Gasteiger partial charge is 0.217 e. The fourth-order valence-corrected chi connectivity index (χ4v) is 4.91. The second kappa shape index (κ2) is 9.07. The van der Waals surface area contributed by atoms with Crippen molar-refractivity contribution in [3.63, 3.8) is 0 Å². The molecule has 3 heterocycles. The van der Waals surface area contributed by atoms with Crippen LogP contribution in [0.15, 0.2) is 66.9 Å². The average molecular weight is 654 g/mol. The van der Waals surface area contributed by atoms with E-state index >= 15 is 0 Å². The Labute approximate surface area is 223 Å². The third-order valence-corrected chi connectivity index (χ3v) is 6.52. The molecule has 6 heteroatoms. The molecule has 0 aliphatic heterocycles. The summed E-state index contributed by atoms with van der Waals surface area (Å²) in [6.07, 6.45) is 1.84. The zero-order chi connectivity index (χ0) is 24.3. The molecule has 5 nitrogen and oxygen atoms in total. The summed E-state index contributed by atoms with van der Waals surface area (Å²) in [5.74, 6) is 1.95. The molecule has 0 atom stereocenters. The molecule has 0 radical (unpaired) electrons. The number of para-hydroxylation sites is 2. The van der Waals surface area contributed by atoms with E-state index in [1.54, 1.807) is 6.07 Å². The number of benzene rings is 3. The van der Waals surface area contributed by atoms with E-state index in [1.807, 2.05) is 43.5 Å². The Morgan fingerprint density at radius 1 is 0.861 bits per heavy atom. The Morgan fingerprint density at radius 2 is 1.64 bits per heavy atom. The zero-order valence-corrected chi connectivity index (χ0v) is 22.6. The van der Waals surface area contributed by atoms with Crippen LogP contribution < -0.4 is 4.74 Å². The van der Waals surface area contributed by atoms with Gasteiger partial charge in [-0.25, -0.2) is 9.97 Å². The second-order valence-corrected chi connectivity index (χ2v) is 9.09. The number of aryl methyl sites for hydroxylation is 4. The van der Waals surface area contributed by atoms with E-state index in [-0.39, 0.29) is 26.8 Å². The summed E-state index contributed by atoms with van der Waals surface area (Å²) in [5, 5.41) is 13.5. The van der Waals surface area contributed by atoms with Crippen LogP contribution in [-0.2, 0) is 21.1 Å². The molecule has 0 aliphatic rings. The molecule has 1 N–H and O–H groups in total. The standard InChI is InChI=1S/C30H24N3O2.Pt/c1-17-11-12-31-26(13-17)33-24-16-21(14-20(4)28(24)23-9-5-7-18(2)30(23)33)35-27-15-19(3)22-8-6-10-25(34)29(22)32-27;/h5-15,34H,1-4H3;/q-1;. The number of hydrogen-bond donors (Lipinski definition) is 1. The summed E-state index contributed by atoms with van der Waals surface area (Å²) < 4.78 is 8.40. The van der Waals surface area contributed by atoms with Crippen molar-refractivity contribution in [3.05, 3.63) is 95.2 Å². The number of aromatic hydroxyl groups is 1. The molecule has 0 fully saturated rings. The Hall–Kier alpha value is -3.69. The monoisotopic (exact) mass is 653 g/mol. The number of pyridine rings is 2. The predicted molar refractivity (Wildman–Crippen MR) is 140 cm³/mol. The van der Waals surface area contributed by atoms with Crippen molar-refractivity contribution in [3.8, 4) is 23.2 Å². The van der Waals surface area contributed by atoms with Crippen LogP contribution in [0, 0.1) is 33.8 Å². The van der Waals surface area contributed by atoms with E-state index in [9.17, 15) is 5.11 Å². The summed E-state index contributed by atoms with van der Waals surface area (Å²) in [7, 11) is 0. The van der Waals surface area contributed by atoms with Gasteiger partial charge in [-0.1, -0.05) is 48.2 Å². The molecule has 6 aromatic rings. The maximum absolute atomic E-state index is 10.3. The Bertz CT molecular complexity index is 1790. The summed E-state index contributed by atoms with van der Waals surface area (Å²) in [6, 6.07) is 23.2. The number of ether oxygens (including phenoxy) is 1. The first-order valence-electron chi connectivity index (χ1n) is 11.6. The van der Waals surface area contributed by atoms with Gasteiger partial charge in [0.15, 0.2) is 0 Å². The van der Waals surface area contributed by atoms with Gasteiger partial charge in [0.25, 0.3) is 0 Å². The van der Waals surface area contributed by atoms with Crippen molar-refractivity contribution in [1.82, 2.24) is 14.5 Å². The fourth-order valence-electron chi connectivity index (χ4n) is 4.91. The SMILES string of the molecule is Cc1ccnc(-n2c3[c-]c(Oc4cc(C)c5cccc(O)c5n4)cc(C)c3c3cccc(C)c32)c1.[Pt]. The van der Waals surface area contributed by atoms with Gasteiger partial charge in [-0.15, -0.1) is 17.7 Å². The van der Waals surface area contributed by atoms with E-state index in [1.165, 1.54) is 5.56 Å². The molecule has 0 amide bonds. The third-order valence-electron chi connectivity index (χ3n) is 6.52. The van der Waals surface area contributed by atoms with Crippen molar-refractivity contribution in [2.45, 2.75) is 27.7 Å². The van der Waals surface area contributed by atoms with Gasteiger partial charge in [-0.3, -0.25) is 0 Å². The molecule has 0 aliphatic carbocycles. The predicted octanol–water partition coefficient (Wildman–Crippen LogP) is 7.26. The van der Waals surface area contributed by atoms with Crippen LogP contribution in [-0.4, -0.2) is 19.6 Å². The Balaban J connectivity index is 0.00000267. The number of phenols is 1. The van der Waals surface area contributed by atoms with Crippen LogP contribution in [0.4, 0.5) is 0 Å². The zero-order valence-electron chi connectivity index (χ0n) is 20.4. The first-order valence-corrected chi connectivity index (χ1v) is 11.6. The number of rotatable bonds is 3. The van der Waals surface area contributed by atoms with Crippen LogP contribution in [0.3, 0.4) is 0 Å². The van der Waals surface area contributed by atoms with Gasteiger partial charge in [0.2, 0.25) is 5.88 Å². The van der Waals surface area contributed by atoms with Crippen LogP contribution >= 0.6 is 0 Å². The molecular formula is C30H24N3O2Pt-. The van der Waals surface area contributed by atoms with E-state index < -0.39 is 0 Å². The number of hydrogen-bond acceptors (Lipinski definition) is 4. The molecule has 0 unspecified atom stereocenters. The summed E-state index contributed by atoms with van der Waals surface area (Å²) in [4.78, 5) is 9.26. The normalized spacial score (nSPS) is 11.2. The number of aromatic nitrogens is 3. The molecule has 0 bridgehead atoms. The largest absolute Gasteiger partial charge is 0.506 e. The molecular weight excluding hydrogens is 629 g/mol. The molecule has 3 aromatic carbocycles. The molecule has 6 rings (SSSR count). The van der Waals surface area contributed by atoms with Crippen molar-refractivity contribution in [2.24, 2.45) is 0 Å². The molecule has 36 heavy (non-hydrogen) atoms. The maximum Gasteiger partial charge on any atom is 0.217 e. The summed E-state index contributed by atoms with van der Waals surface area (Å²) in [5.41, 5.74) is 6.90. The van der Waals surface area contributed by atoms with Crippen LogP contribution in [0.5, 0.6) is 17.4 Å². The van der Waals surface area contributed by atoms with E-state index in [0.717, 1.165) is 49.7 Å². The van der Waals surface area contributed by atoms with Crippen molar-refractivity contribution in [1.29, 1.82) is 0 Å². The molecule has 0 spiro atoms. The average Bonchev–Trinajstić information content (AvgIpc) is 3.16. The van der Waals surface area contributed by atoms with Crippen LogP contribution in [0.25, 0.3) is 38.5 Å². The van der Waals surface area contributed by atoms with E-state index in [0.29, 0.717) is 17.1 Å². The first kappa shape index (κ1) is 24.0. The third kappa shape index (κ3) is 3.84. The van der Waals surface area contributed by atoms with Gasteiger partial charge in [0, 0.05) is 50.0 Å². The number of nitrogens with zero attached hydrogens (tertiary/aromatic N) is 3. The Morgan fingerprint density at radius 3 is 2.44 bits per heavy atom. The van der Waals surface area contributed by atoms with Gasteiger partial charge in [-0.2, -0.15) is 0 Å². The number of phenolic OH excluding ortho intramolecular Hbond substituents is 1. The number of fused-ring (bicyclic) bond motifs is 4. The molecule has 3 aromatic heterocycles.